The fraction of sp³-hybridized carbons (Fsp3) is 0.231. The van der Waals surface area contributed by atoms with Crippen LogP contribution in [0.15, 0.2) is 51.4 Å². The standard InChI is InChI=1S/C13H14N2O2S/c1-2-10(16)9-5-3-4-6-11(9)18-13-14-8-7-12(17)15-13/h3-8,10,16H,2H2,1H3,(H,14,15,17)/t10-/m0/s1. The monoisotopic (exact) mass is 262 g/mol. The smallest absolute Gasteiger partial charge is 0.251 e. The molecule has 2 aromatic rings. The molecule has 94 valence electrons. The lowest BCUT2D eigenvalue weighted by Gasteiger charge is -2.12. The topological polar surface area (TPSA) is 66.0 Å². The van der Waals surface area contributed by atoms with Crippen LogP contribution in [0.25, 0.3) is 0 Å². The third-order valence-electron chi connectivity index (χ3n) is 2.52. The number of nitrogens with one attached hydrogen (secondary N) is 1. The van der Waals surface area contributed by atoms with Crippen LogP contribution in [0, 0.1) is 0 Å². The summed E-state index contributed by atoms with van der Waals surface area (Å²) < 4.78 is 0. The van der Waals surface area contributed by atoms with Crippen LogP contribution < -0.4 is 5.56 Å². The molecule has 2 N–H and O–H groups in total. The van der Waals surface area contributed by atoms with Gasteiger partial charge in [0.15, 0.2) is 5.16 Å². The third kappa shape index (κ3) is 3.00. The molecule has 18 heavy (non-hydrogen) atoms. The van der Waals surface area contributed by atoms with E-state index in [0.717, 1.165) is 10.5 Å². The lowest BCUT2D eigenvalue weighted by Crippen LogP contribution is -2.05. The Labute approximate surface area is 109 Å². The van der Waals surface area contributed by atoms with Crippen molar-refractivity contribution in [2.24, 2.45) is 0 Å². The molecule has 2 rings (SSSR count). The second-order valence-electron chi connectivity index (χ2n) is 3.80. The summed E-state index contributed by atoms with van der Waals surface area (Å²) in [5.41, 5.74) is 0.678. The second kappa shape index (κ2) is 5.84. The Kier molecular flexibility index (Phi) is 4.17. The van der Waals surface area contributed by atoms with Crippen LogP contribution in [0.5, 0.6) is 0 Å². The molecule has 0 spiro atoms. The van der Waals surface area contributed by atoms with Crippen molar-refractivity contribution in [3.8, 4) is 0 Å². The first kappa shape index (κ1) is 12.9. The third-order valence-corrected chi connectivity index (χ3v) is 3.51. The first-order valence-corrected chi connectivity index (χ1v) is 6.52. The van der Waals surface area contributed by atoms with Crippen LogP contribution in [-0.4, -0.2) is 15.1 Å². The zero-order chi connectivity index (χ0) is 13.0. The van der Waals surface area contributed by atoms with Gasteiger partial charge in [0.1, 0.15) is 0 Å². The number of aromatic amines is 1. The fourth-order valence-electron chi connectivity index (χ4n) is 1.58. The predicted octanol–water partition coefficient (Wildman–Crippen LogP) is 2.36. The van der Waals surface area contributed by atoms with Gasteiger partial charge in [-0.15, -0.1) is 0 Å². The molecule has 1 atom stereocenters. The number of aliphatic hydroxyl groups excluding tert-OH is 1. The summed E-state index contributed by atoms with van der Waals surface area (Å²) in [5.74, 6) is 0. The molecule has 0 bridgehead atoms. The number of nitrogens with zero attached hydrogens (tertiary/aromatic N) is 1. The number of aliphatic hydroxyl groups is 1. The lowest BCUT2D eigenvalue weighted by molar-refractivity contribution is 0.171. The van der Waals surface area contributed by atoms with Crippen molar-refractivity contribution < 1.29 is 5.11 Å². The SMILES string of the molecule is CC[C@H](O)c1ccccc1Sc1nccc(=O)[nH]1. The molecule has 0 saturated carbocycles. The molecule has 1 aromatic carbocycles. The maximum Gasteiger partial charge on any atom is 0.251 e. The van der Waals surface area contributed by atoms with Gasteiger partial charge in [-0.1, -0.05) is 36.9 Å². The molecule has 4 nitrogen and oxygen atoms in total. The minimum Gasteiger partial charge on any atom is -0.388 e. The molecule has 0 saturated heterocycles. The Morgan fingerprint density at radius 2 is 2.17 bits per heavy atom. The van der Waals surface area contributed by atoms with Gasteiger partial charge >= 0.3 is 0 Å². The quantitative estimate of drug-likeness (QED) is 0.830. The number of hydrogen-bond acceptors (Lipinski definition) is 4. The van der Waals surface area contributed by atoms with E-state index in [4.69, 9.17) is 0 Å². The summed E-state index contributed by atoms with van der Waals surface area (Å²) >= 11 is 1.35. The van der Waals surface area contributed by atoms with E-state index in [0.29, 0.717) is 11.6 Å². The van der Waals surface area contributed by atoms with Gasteiger partial charge in [0.2, 0.25) is 0 Å². The van der Waals surface area contributed by atoms with Crippen molar-refractivity contribution in [2.45, 2.75) is 29.5 Å². The zero-order valence-electron chi connectivity index (χ0n) is 9.96. The van der Waals surface area contributed by atoms with Gasteiger partial charge < -0.3 is 10.1 Å². The molecular weight excluding hydrogens is 248 g/mol. The van der Waals surface area contributed by atoms with Gasteiger partial charge in [-0.3, -0.25) is 4.79 Å². The maximum absolute atomic E-state index is 11.2. The van der Waals surface area contributed by atoms with Crippen LogP contribution in [0.2, 0.25) is 0 Å². The van der Waals surface area contributed by atoms with E-state index >= 15 is 0 Å². The normalized spacial score (nSPS) is 12.3. The van der Waals surface area contributed by atoms with E-state index in [2.05, 4.69) is 9.97 Å². The van der Waals surface area contributed by atoms with E-state index in [-0.39, 0.29) is 5.56 Å². The van der Waals surface area contributed by atoms with Crippen LogP contribution in [0.1, 0.15) is 25.0 Å². The summed E-state index contributed by atoms with van der Waals surface area (Å²) in [4.78, 5) is 18.8. The highest BCUT2D eigenvalue weighted by Gasteiger charge is 2.11. The van der Waals surface area contributed by atoms with Crippen molar-refractivity contribution >= 4 is 11.8 Å². The van der Waals surface area contributed by atoms with Gasteiger partial charge in [0, 0.05) is 17.2 Å². The second-order valence-corrected chi connectivity index (χ2v) is 4.83. The van der Waals surface area contributed by atoms with E-state index in [1.807, 2.05) is 31.2 Å². The highest BCUT2D eigenvalue weighted by molar-refractivity contribution is 7.99. The fourth-order valence-corrected chi connectivity index (χ4v) is 2.52. The first-order valence-electron chi connectivity index (χ1n) is 5.71. The average molecular weight is 262 g/mol. The molecule has 0 aliphatic rings. The molecule has 0 aliphatic heterocycles. The molecular formula is C13H14N2O2S. The van der Waals surface area contributed by atoms with Gasteiger partial charge in [0.25, 0.3) is 5.56 Å². The molecule has 0 radical (unpaired) electrons. The van der Waals surface area contributed by atoms with Crippen molar-refractivity contribution in [3.63, 3.8) is 0 Å². The van der Waals surface area contributed by atoms with E-state index < -0.39 is 6.10 Å². The van der Waals surface area contributed by atoms with Crippen LogP contribution in [0.3, 0.4) is 0 Å². The van der Waals surface area contributed by atoms with Crippen molar-refractivity contribution in [1.82, 2.24) is 9.97 Å². The first-order chi connectivity index (χ1) is 8.70. The molecule has 0 aliphatic carbocycles. The van der Waals surface area contributed by atoms with Crippen molar-refractivity contribution in [1.29, 1.82) is 0 Å². The minimum absolute atomic E-state index is 0.180. The average Bonchev–Trinajstić information content (AvgIpc) is 2.38. The largest absolute Gasteiger partial charge is 0.388 e. The van der Waals surface area contributed by atoms with Crippen molar-refractivity contribution in [3.05, 3.63) is 52.4 Å². The maximum atomic E-state index is 11.2. The van der Waals surface area contributed by atoms with Crippen molar-refractivity contribution in [2.75, 3.05) is 0 Å². The van der Waals surface area contributed by atoms with Gasteiger partial charge in [-0.2, -0.15) is 0 Å². The van der Waals surface area contributed by atoms with Crippen LogP contribution in [-0.2, 0) is 0 Å². The Bertz CT molecular complexity index is 583. The number of benzene rings is 1. The highest BCUT2D eigenvalue weighted by atomic mass is 32.2. The van der Waals surface area contributed by atoms with E-state index in [1.165, 1.54) is 24.0 Å². The van der Waals surface area contributed by atoms with Crippen LogP contribution >= 0.6 is 11.8 Å². The van der Waals surface area contributed by atoms with E-state index in [9.17, 15) is 9.90 Å². The summed E-state index contributed by atoms with van der Waals surface area (Å²) in [6.45, 7) is 1.93. The summed E-state index contributed by atoms with van der Waals surface area (Å²) in [7, 11) is 0. The summed E-state index contributed by atoms with van der Waals surface area (Å²) in [6.07, 6.45) is 1.63. The molecule has 0 amide bonds. The number of aromatic nitrogens is 2. The summed E-state index contributed by atoms with van der Waals surface area (Å²) in [5, 5.41) is 10.5. The minimum atomic E-state index is -0.496. The van der Waals surface area contributed by atoms with Gasteiger partial charge in [-0.25, -0.2) is 4.98 Å². The Morgan fingerprint density at radius 3 is 2.89 bits per heavy atom. The molecule has 5 heteroatoms. The molecule has 0 fully saturated rings. The van der Waals surface area contributed by atoms with Gasteiger partial charge in [0.05, 0.1) is 6.10 Å². The zero-order valence-corrected chi connectivity index (χ0v) is 10.8. The molecule has 1 aromatic heterocycles. The number of rotatable bonds is 4. The Hall–Kier alpha value is -1.59. The summed E-state index contributed by atoms with van der Waals surface area (Å²) in [6, 6.07) is 8.95. The predicted molar refractivity (Wildman–Crippen MR) is 70.7 cm³/mol. The Morgan fingerprint density at radius 1 is 1.39 bits per heavy atom. The molecule has 1 heterocycles. The number of hydrogen-bond donors (Lipinski definition) is 2. The molecule has 0 unspecified atom stereocenters. The highest BCUT2D eigenvalue weighted by Crippen LogP contribution is 2.31. The van der Waals surface area contributed by atoms with Gasteiger partial charge in [-0.05, 0) is 18.1 Å². The number of H-pyrrole nitrogens is 1. The van der Waals surface area contributed by atoms with Crippen LogP contribution in [0.4, 0.5) is 0 Å². The lowest BCUT2D eigenvalue weighted by atomic mass is 10.1. The van der Waals surface area contributed by atoms with E-state index in [1.54, 1.807) is 0 Å². The Balaban J connectivity index is 2.31.